The van der Waals surface area contributed by atoms with Crippen molar-refractivity contribution in [2.45, 2.75) is 40.0 Å². The SMILES string of the molecule is CC1=C(CC(C)C2=C(C)C=CC2)CC=C1. The van der Waals surface area contributed by atoms with Gasteiger partial charge in [-0.15, -0.1) is 0 Å². The smallest absolute Gasteiger partial charge is 0.0127 e. The van der Waals surface area contributed by atoms with Gasteiger partial charge >= 0.3 is 0 Å². The Morgan fingerprint density at radius 3 is 2.27 bits per heavy atom. The van der Waals surface area contributed by atoms with E-state index in [-0.39, 0.29) is 0 Å². The zero-order chi connectivity index (χ0) is 10.8. The molecule has 0 bridgehead atoms. The molecule has 2 rings (SSSR count). The summed E-state index contributed by atoms with van der Waals surface area (Å²) in [5, 5.41) is 0. The summed E-state index contributed by atoms with van der Waals surface area (Å²) in [5.74, 6) is 0.713. The van der Waals surface area contributed by atoms with Gasteiger partial charge < -0.3 is 0 Å². The second-order valence-electron chi connectivity index (χ2n) is 4.81. The third-order valence-corrected chi connectivity index (χ3v) is 3.65. The third kappa shape index (κ3) is 2.14. The van der Waals surface area contributed by atoms with Crippen molar-refractivity contribution in [1.82, 2.24) is 0 Å². The largest absolute Gasteiger partial charge is 0.0802 e. The standard InChI is InChI=1S/C15H20/c1-11-6-4-8-14(11)10-13(3)15-9-5-7-12(15)2/h4-7,13H,8-10H2,1-3H3. The molecule has 1 unspecified atom stereocenters. The fourth-order valence-electron chi connectivity index (χ4n) is 2.61. The van der Waals surface area contributed by atoms with Crippen molar-refractivity contribution in [3.05, 3.63) is 46.6 Å². The van der Waals surface area contributed by atoms with Gasteiger partial charge in [-0.3, -0.25) is 0 Å². The van der Waals surface area contributed by atoms with Gasteiger partial charge in [-0.05, 0) is 39.0 Å². The third-order valence-electron chi connectivity index (χ3n) is 3.65. The number of rotatable bonds is 3. The van der Waals surface area contributed by atoms with E-state index in [0.717, 1.165) is 0 Å². The molecule has 0 saturated carbocycles. The average Bonchev–Trinajstić information content (AvgIpc) is 2.76. The summed E-state index contributed by atoms with van der Waals surface area (Å²) in [6.07, 6.45) is 12.7. The van der Waals surface area contributed by atoms with Crippen molar-refractivity contribution in [3.8, 4) is 0 Å². The second-order valence-corrected chi connectivity index (χ2v) is 4.81. The van der Waals surface area contributed by atoms with Gasteiger partial charge in [-0.25, -0.2) is 0 Å². The lowest BCUT2D eigenvalue weighted by atomic mass is 9.89. The molecule has 0 amide bonds. The topological polar surface area (TPSA) is 0 Å². The van der Waals surface area contributed by atoms with Crippen LogP contribution < -0.4 is 0 Å². The quantitative estimate of drug-likeness (QED) is 0.626. The van der Waals surface area contributed by atoms with Gasteiger partial charge in [0.2, 0.25) is 0 Å². The summed E-state index contributed by atoms with van der Waals surface area (Å²) in [6, 6.07) is 0. The Kier molecular flexibility index (Phi) is 2.95. The Morgan fingerprint density at radius 2 is 1.73 bits per heavy atom. The van der Waals surface area contributed by atoms with Crippen LogP contribution in [0.25, 0.3) is 0 Å². The molecule has 1 atom stereocenters. The van der Waals surface area contributed by atoms with Crippen LogP contribution in [0.15, 0.2) is 46.6 Å². The zero-order valence-corrected chi connectivity index (χ0v) is 10.0. The van der Waals surface area contributed by atoms with E-state index in [1.807, 2.05) is 0 Å². The van der Waals surface area contributed by atoms with Crippen LogP contribution in [0.3, 0.4) is 0 Å². The maximum Gasteiger partial charge on any atom is -0.0127 e. The minimum absolute atomic E-state index is 0.713. The van der Waals surface area contributed by atoms with E-state index in [1.54, 1.807) is 11.1 Å². The van der Waals surface area contributed by atoms with Crippen LogP contribution in [0, 0.1) is 5.92 Å². The molecule has 0 aromatic rings. The highest BCUT2D eigenvalue weighted by atomic mass is 14.2. The van der Waals surface area contributed by atoms with Crippen molar-refractivity contribution in [2.75, 3.05) is 0 Å². The highest BCUT2D eigenvalue weighted by Crippen LogP contribution is 2.33. The van der Waals surface area contributed by atoms with E-state index >= 15 is 0 Å². The van der Waals surface area contributed by atoms with Crippen LogP contribution in [0.2, 0.25) is 0 Å². The van der Waals surface area contributed by atoms with Crippen LogP contribution in [0.4, 0.5) is 0 Å². The van der Waals surface area contributed by atoms with Crippen LogP contribution in [-0.2, 0) is 0 Å². The van der Waals surface area contributed by atoms with E-state index in [9.17, 15) is 0 Å². The predicted molar refractivity (Wildman–Crippen MR) is 66.7 cm³/mol. The van der Waals surface area contributed by atoms with Crippen molar-refractivity contribution in [2.24, 2.45) is 5.92 Å². The molecule has 80 valence electrons. The summed E-state index contributed by atoms with van der Waals surface area (Å²) in [4.78, 5) is 0. The number of hydrogen-bond acceptors (Lipinski definition) is 0. The van der Waals surface area contributed by atoms with Gasteiger partial charge in [-0.2, -0.15) is 0 Å². The minimum Gasteiger partial charge on any atom is -0.0802 e. The summed E-state index contributed by atoms with van der Waals surface area (Å²) in [6.45, 7) is 6.84. The summed E-state index contributed by atoms with van der Waals surface area (Å²) in [5.41, 5.74) is 6.26. The first-order chi connectivity index (χ1) is 7.18. The first-order valence-corrected chi connectivity index (χ1v) is 5.90. The van der Waals surface area contributed by atoms with Gasteiger partial charge in [0.1, 0.15) is 0 Å². The van der Waals surface area contributed by atoms with Gasteiger partial charge in [0.05, 0.1) is 0 Å². The van der Waals surface area contributed by atoms with Crippen LogP contribution in [-0.4, -0.2) is 0 Å². The molecule has 2 aliphatic carbocycles. The van der Waals surface area contributed by atoms with Crippen molar-refractivity contribution < 1.29 is 0 Å². The Morgan fingerprint density at radius 1 is 1.07 bits per heavy atom. The predicted octanol–water partition coefficient (Wildman–Crippen LogP) is 4.57. The molecule has 0 nitrogen and oxygen atoms in total. The molecule has 0 aliphatic heterocycles. The first-order valence-electron chi connectivity index (χ1n) is 5.90. The van der Waals surface area contributed by atoms with Crippen molar-refractivity contribution in [1.29, 1.82) is 0 Å². The van der Waals surface area contributed by atoms with E-state index < -0.39 is 0 Å². The maximum absolute atomic E-state index is 2.37. The Labute approximate surface area is 93.1 Å². The Bertz CT molecular complexity index is 375. The monoisotopic (exact) mass is 200 g/mol. The number of allylic oxidation sites excluding steroid dienone is 8. The highest BCUT2D eigenvalue weighted by molar-refractivity contribution is 5.37. The molecule has 0 heterocycles. The summed E-state index contributed by atoms with van der Waals surface area (Å²) >= 11 is 0. The molecule has 0 saturated heterocycles. The summed E-state index contributed by atoms with van der Waals surface area (Å²) < 4.78 is 0. The van der Waals surface area contributed by atoms with E-state index in [1.165, 1.54) is 30.4 Å². The molecule has 0 aromatic carbocycles. The van der Waals surface area contributed by atoms with Crippen LogP contribution >= 0.6 is 0 Å². The molecule has 0 spiro atoms. The van der Waals surface area contributed by atoms with E-state index in [2.05, 4.69) is 45.1 Å². The second kappa shape index (κ2) is 4.22. The summed E-state index contributed by atoms with van der Waals surface area (Å²) in [7, 11) is 0. The number of hydrogen-bond donors (Lipinski definition) is 0. The highest BCUT2D eigenvalue weighted by Gasteiger charge is 2.16. The molecule has 0 aromatic heterocycles. The van der Waals surface area contributed by atoms with Gasteiger partial charge in [0, 0.05) is 0 Å². The van der Waals surface area contributed by atoms with Crippen LogP contribution in [0.5, 0.6) is 0 Å². The first kappa shape index (κ1) is 10.5. The Balaban J connectivity index is 2.02. The Hall–Kier alpha value is -1.04. The fourth-order valence-corrected chi connectivity index (χ4v) is 2.61. The lowest BCUT2D eigenvalue weighted by Crippen LogP contribution is -2.01. The average molecular weight is 200 g/mol. The fraction of sp³-hybridized carbons (Fsp3) is 0.467. The van der Waals surface area contributed by atoms with Crippen molar-refractivity contribution in [3.63, 3.8) is 0 Å². The zero-order valence-electron chi connectivity index (χ0n) is 10.0. The lowest BCUT2D eigenvalue weighted by molar-refractivity contribution is 0.649. The molecular formula is C15H20. The molecule has 0 radical (unpaired) electrons. The normalized spacial score (nSPS) is 22.1. The van der Waals surface area contributed by atoms with Gasteiger partial charge in [-0.1, -0.05) is 53.5 Å². The van der Waals surface area contributed by atoms with Crippen LogP contribution in [0.1, 0.15) is 40.0 Å². The molecule has 15 heavy (non-hydrogen) atoms. The van der Waals surface area contributed by atoms with E-state index in [4.69, 9.17) is 0 Å². The van der Waals surface area contributed by atoms with E-state index in [0.29, 0.717) is 5.92 Å². The van der Waals surface area contributed by atoms with Gasteiger partial charge in [0.15, 0.2) is 0 Å². The minimum atomic E-state index is 0.713. The maximum atomic E-state index is 2.37. The molecule has 0 N–H and O–H groups in total. The molecule has 0 heteroatoms. The lowest BCUT2D eigenvalue weighted by Gasteiger charge is -2.16. The molecular weight excluding hydrogens is 180 g/mol. The molecule has 2 aliphatic rings. The van der Waals surface area contributed by atoms with Gasteiger partial charge in [0.25, 0.3) is 0 Å². The van der Waals surface area contributed by atoms with Crippen molar-refractivity contribution >= 4 is 0 Å². The molecule has 0 fully saturated rings.